The normalized spacial score (nSPS) is 18.4. The number of piperidine rings is 1. The van der Waals surface area contributed by atoms with Crippen molar-refractivity contribution < 1.29 is 18.8 Å². The van der Waals surface area contributed by atoms with E-state index in [4.69, 9.17) is 4.74 Å². The summed E-state index contributed by atoms with van der Waals surface area (Å²) >= 11 is 0. The molecule has 2 rings (SSSR count). The van der Waals surface area contributed by atoms with Crippen molar-refractivity contribution in [2.45, 2.75) is 19.8 Å². The Morgan fingerprint density at radius 3 is 2.95 bits per heavy atom. The molecule has 6 nitrogen and oxygen atoms in total. The summed E-state index contributed by atoms with van der Waals surface area (Å²) in [7, 11) is 0. The third kappa shape index (κ3) is 3.48. The lowest BCUT2D eigenvalue weighted by Crippen LogP contribution is -2.39. The number of carbonyl (C=O) groups is 1. The highest BCUT2D eigenvalue weighted by atomic mass is 19.1. The first-order valence-electron chi connectivity index (χ1n) is 6.88. The van der Waals surface area contributed by atoms with Gasteiger partial charge in [-0.25, -0.2) is 4.39 Å². The fourth-order valence-electron chi connectivity index (χ4n) is 2.51. The molecule has 1 aromatic rings. The number of ether oxygens (including phenoxy) is 1. The van der Waals surface area contributed by atoms with Gasteiger partial charge >= 0.3 is 5.97 Å². The number of non-ortho nitro benzene ring substituents is 1. The minimum Gasteiger partial charge on any atom is -0.466 e. The number of hydrogen-bond donors (Lipinski definition) is 0. The lowest BCUT2D eigenvalue weighted by atomic mass is 9.97. The molecular weight excluding hydrogens is 279 g/mol. The molecule has 21 heavy (non-hydrogen) atoms. The van der Waals surface area contributed by atoms with Crippen LogP contribution in [0, 0.1) is 21.8 Å². The van der Waals surface area contributed by atoms with Gasteiger partial charge in [-0.1, -0.05) is 0 Å². The van der Waals surface area contributed by atoms with Crippen molar-refractivity contribution in [3.05, 3.63) is 34.1 Å². The lowest BCUT2D eigenvalue weighted by Gasteiger charge is -2.33. The zero-order valence-corrected chi connectivity index (χ0v) is 11.8. The number of halogens is 1. The van der Waals surface area contributed by atoms with Gasteiger partial charge in [-0.15, -0.1) is 0 Å². The van der Waals surface area contributed by atoms with Gasteiger partial charge in [0.25, 0.3) is 5.69 Å². The zero-order valence-electron chi connectivity index (χ0n) is 11.8. The Bertz CT molecular complexity index is 550. The molecule has 0 amide bonds. The van der Waals surface area contributed by atoms with Crippen LogP contribution in [-0.2, 0) is 9.53 Å². The molecule has 114 valence electrons. The van der Waals surface area contributed by atoms with E-state index in [1.807, 2.05) is 0 Å². The lowest BCUT2D eigenvalue weighted by molar-refractivity contribution is -0.385. The Kier molecular flexibility index (Phi) is 4.72. The molecule has 1 fully saturated rings. The summed E-state index contributed by atoms with van der Waals surface area (Å²) in [4.78, 5) is 23.5. The SMILES string of the molecule is CCOC(=O)[C@H]1CCCN(c2ccc([N+](=O)[O-])cc2F)C1. The first-order valence-corrected chi connectivity index (χ1v) is 6.88. The highest BCUT2D eigenvalue weighted by Gasteiger charge is 2.28. The Morgan fingerprint density at radius 2 is 2.33 bits per heavy atom. The van der Waals surface area contributed by atoms with E-state index in [1.165, 1.54) is 12.1 Å². The van der Waals surface area contributed by atoms with E-state index >= 15 is 0 Å². The van der Waals surface area contributed by atoms with Crippen LogP contribution in [-0.4, -0.2) is 30.6 Å². The number of nitro groups is 1. The largest absolute Gasteiger partial charge is 0.466 e. The van der Waals surface area contributed by atoms with Crippen LogP contribution < -0.4 is 4.90 Å². The fourth-order valence-corrected chi connectivity index (χ4v) is 2.51. The number of nitrogens with zero attached hydrogens (tertiary/aromatic N) is 2. The second-order valence-electron chi connectivity index (χ2n) is 4.93. The number of carbonyl (C=O) groups excluding carboxylic acids is 1. The molecule has 1 aliphatic rings. The quantitative estimate of drug-likeness (QED) is 0.485. The molecular formula is C14H17FN2O4. The molecule has 0 aliphatic carbocycles. The van der Waals surface area contributed by atoms with Gasteiger partial charge in [-0.05, 0) is 25.8 Å². The first-order chi connectivity index (χ1) is 10.0. The highest BCUT2D eigenvalue weighted by molar-refractivity contribution is 5.73. The van der Waals surface area contributed by atoms with Crippen molar-refractivity contribution in [2.24, 2.45) is 5.92 Å². The number of rotatable bonds is 4. The Hall–Kier alpha value is -2.18. The maximum atomic E-state index is 14.0. The molecule has 1 aromatic carbocycles. The van der Waals surface area contributed by atoms with E-state index in [9.17, 15) is 19.3 Å². The maximum absolute atomic E-state index is 14.0. The van der Waals surface area contributed by atoms with Gasteiger partial charge in [0.15, 0.2) is 5.82 Å². The molecule has 1 aliphatic heterocycles. The smallest absolute Gasteiger partial charge is 0.310 e. The van der Waals surface area contributed by atoms with Crippen LogP contribution in [0.4, 0.5) is 15.8 Å². The molecule has 0 bridgehead atoms. The van der Waals surface area contributed by atoms with Gasteiger partial charge in [0.2, 0.25) is 0 Å². The van der Waals surface area contributed by atoms with E-state index in [1.54, 1.807) is 11.8 Å². The summed E-state index contributed by atoms with van der Waals surface area (Å²) in [6.45, 7) is 3.05. The fraction of sp³-hybridized carbons (Fsp3) is 0.500. The van der Waals surface area contributed by atoms with Crippen molar-refractivity contribution in [1.82, 2.24) is 0 Å². The zero-order chi connectivity index (χ0) is 15.4. The minimum absolute atomic E-state index is 0.274. The van der Waals surface area contributed by atoms with Crippen molar-refractivity contribution in [3.8, 4) is 0 Å². The van der Waals surface area contributed by atoms with Gasteiger partial charge in [-0.3, -0.25) is 14.9 Å². The van der Waals surface area contributed by atoms with Crippen LogP contribution in [0.2, 0.25) is 0 Å². The summed E-state index contributed by atoms with van der Waals surface area (Å²) in [5.74, 6) is -1.20. The minimum atomic E-state index is -0.645. The van der Waals surface area contributed by atoms with E-state index in [-0.39, 0.29) is 23.3 Å². The van der Waals surface area contributed by atoms with Gasteiger partial charge in [0, 0.05) is 19.2 Å². The Morgan fingerprint density at radius 1 is 1.57 bits per heavy atom. The number of anilines is 1. The monoisotopic (exact) mass is 296 g/mol. The molecule has 1 atom stereocenters. The summed E-state index contributed by atoms with van der Waals surface area (Å²) < 4.78 is 19.0. The van der Waals surface area contributed by atoms with Crippen LogP contribution in [0.25, 0.3) is 0 Å². The van der Waals surface area contributed by atoms with Crippen molar-refractivity contribution in [1.29, 1.82) is 0 Å². The number of hydrogen-bond acceptors (Lipinski definition) is 5. The Labute approximate surface area is 121 Å². The average molecular weight is 296 g/mol. The molecule has 0 N–H and O–H groups in total. The third-order valence-electron chi connectivity index (χ3n) is 3.52. The van der Waals surface area contributed by atoms with Crippen molar-refractivity contribution in [2.75, 3.05) is 24.6 Å². The molecule has 0 aromatic heterocycles. The third-order valence-corrected chi connectivity index (χ3v) is 3.52. The van der Waals surface area contributed by atoms with Gasteiger partial charge < -0.3 is 9.64 Å². The number of nitro benzene ring substituents is 1. The highest BCUT2D eigenvalue weighted by Crippen LogP contribution is 2.28. The van der Waals surface area contributed by atoms with Crippen LogP contribution in [0.15, 0.2) is 18.2 Å². The van der Waals surface area contributed by atoms with E-state index in [0.717, 1.165) is 12.5 Å². The van der Waals surface area contributed by atoms with E-state index in [2.05, 4.69) is 0 Å². The molecule has 0 unspecified atom stereocenters. The molecule has 1 saturated heterocycles. The maximum Gasteiger partial charge on any atom is 0.310 e. The average Bonchev–Trinajstić information content (AvgIpc) is 2.47. The second-order valence-corrected chi connectivity index (χ2v) is 4.93. The van der Waals surface area contributed by atoms with Crippen LogP contribution in [0.3, 0.4) is 0 Å². The van der Waals surface area contributed by atoms with E-state index in [0.29, 0.717) is 26.1 Å². The summed E-state index contributed by atoms with van der Waals surface area (Å²) in [5.41, 5.74) is 0.00445. The van der Waals surface area contributed by atoms with Crippen LogP contribution in [0.5, 0.6) is 0 Å². The van der Waals surface area contributed by atoms with E-state index < -0.39 is 10.7 Å². The van der Waals surface area contributed by atoms with Crippen molar-refractivity contribution >= 4 is 17.3 Å². The van der Waals surface area contributed by atoms with Crippen LogP contribution in [0.1, 0.15) is 19.8 Å². The predicted molar refractivity (Wildman–Crippen MR) is 74.6 cm³/mol. The van der Waals surface area contributed by atoms with Gasteiger partial charge in [0.1, 0.15) is 0 Å². The topological polar surface area (TPSA) is 72.7 Å². The predicted octanol–water partition coefficient (Wildman–Crippen LogP) is 2.51. The standard InChI is InChI=1S/C14H17FN2O4/c1-2-21-14(18)10-4-3-7-16(9-10)13-6-5-11(17(19)20)8-12(13)15/h5-6,8,10H,2-4,7,9H2,1H3/t10-/m0/s1. The van der Waals surface area contributed by atoms with Crippen LogP contribution >= 0.6 is 0 Å². The second kappa shape index (κ2) is 6.51. The molecule has 7 heteroatoms. The summed E-state index contributed by atoms with van der Waals surface area (Å²) in [6, 6.07) is 3.57. The Balaban J connectivity index is 2.14. The van der Waals surface area contributed by atoms with Gasteiger partial charge in [-0.2, -0.15) is 0 Å². The molecule has 0 saturated carbocycles. The first kappa shape index (κ1) is 15.2. The molecule has 0 spiro atoms. The summed E-state index contributed by atoms with van der Waals surface area (Å²) in [5, 5.41) is 10.6. The number of esters is 1. The molecule has 1 heterocycles. The molecule has 0 radical (unpaired) electrons. The summed E-state index contributed by atoms with van der Waals surface area (Å²) in [6.07, 6.45) is 1.46. The number of benzene rings is 1. The van der Waals surface area contributed by atoms with Crippen molar-refractivity contribution in [3.63, 3.8) is 0 Å². The van der Waals surface area contributed by atoms with Gasteiger partial charge in [0.05, 0.1) is 29.2 Å².